The van der Waals surface area contributed by atoms with E-state index in [1.165, 1.54) is 18.4 Å². The molecule has 0 spiro atoms. The Morgan fingerprint density at radius 3 is 2.20 bits per heavy atom. The van der Waals surface area contributed by atoms with Crippen molar-refractivity contribution >= 4 is 22.2 Å². The fourth-order valence-electron chi connectivity index (χ4n) is 3.76. The maximum Gasteiger partial charge on any atom is 0.459 e. The Hall–Kier alpha value is -3.21. The van der Waals surface area contributed by atoms with Gasteiger partial charge >= 0.3 is 12.1 Å². The van der Waals surface area contributed by atoms with E-state index >= 15 is 0 Å². The van der Waals surface area contributed by atoms with Crippen LogP contribution in [0.3, 0.4) is 0 Å². The van der Waals surface area contributed by atoms with Crippen LogP contribution in [0.4, 0.5) is 36.4 Å². The van der Waals surface area contributed by atoms with Gasteiger partial charge in [-0.2, -0.15) is 27.1 Å². The van der Waals surface area contributed by atoms with Crippen molar-refractivity contribution in [2.45, 2.75) is 29.5 Å². The molecule has 0 radical (unpaired) electrons. The maximum atomic E-state index is 14.5. The van der Waals surface area contributed by atoms with E-state index in [-0.39, 0.29) is 0 Å². The highest BCUT2D eigenvalue weighted by Gasteiger charge is 2.62. The summed E-state index contributed by atoms with van der Waals surface area (Å²) in [6.45, 7) is 0. The molecule has 2 unspecified atom stereocenters. The molecule has 0 amide bonds. The van der Waals surface area contributed by atoms with Gasteiger partial charge in [0.15, 0.2) is 5.82 Å². The first-order valence-electron chi connectivity index (χ1n) is 10.2. The zero-order valence-corrected chi connectivity index (χ0v) is 18.8. The zero-order valence-electron chi connectivity index (χ0n) is 18.0. The van der Waals surface area contributed by atoms with Gasteiger partial charge in [-0.05, 0) is 41.0 Å². The van der Waals surface area contributed by atoms with Crippen molar-refractivity contribution in [2.24, 2.45) is 5.10 Å². The van der Waals surface area contributed by atoms with Gasteiger partial charge in [-0.25, -0.2) is 8.78 Å². The number of benzene rings is 3. The fraction of sp³-hybridized carbons (Fsp3) is 0.208. The zero-order chi connectivity index (χ0) is 25.5. The second-order valence-corrected chi connectivity index (χ2v) is 9.26. The van der Waals surface area contributed by atoms with Crippen LogP contribution in [-0.4, -0.2) is 28.3 Å². The summed E-state index contributed by atoms with van der Waals surface area (Å²) < 4.78 is 107. The summed E-state index contributed by atoms with van der Waals surface area (Å²) in [7, 11) is -1.22. The monoisotopic (exact) mass is 514 g/mol. The van der Waals surface area contributed by atoms with Crippen molar-refractivity contribution in [3.05, 3.63) is 83.9 Å². The standard InChI is InChI=1S/C24H17F7N2OS/c1-35(34)18-4-2-3-16(11-18)14-5-7-15(8-6-14)21-13-22(23(27,28)24(29,30)31)32-33(21)20-10-9-17(25)12-19(20)26/h2-12,21H,13H2,1H3. The van der Waals surface area contributed by atoms with E-state index in [4.69, 9.17) is 0 Å². The molecule has 0 aliphatic carbocycles. The Balaban J connectivity index is 1.73. The maximum absolute atomic E-state index is 14.5. The van der Waals surface area contributed by atoms with E-state index in [0.29, 0.717) is 22.1 Å². The number of halogens is 7. The Kier molecular flexibility index (Phi) is 6.48. The van der Waals surface area contributed by atoms with Gasteiger partial charge in [-0.1, -0.05) is 36.4 Å². The highest BCUT2D eigenvalue weighted by atomic mass is 32.2. The van der Waals surface area contributed by atoms with E-state index in [1.807, 2.05) is 0 Å². The minimum absolute atomic E-state index is 0.296. The number of rotatable bonds is 5. The molecule has 2 atom stereocenters. The molecule has 1 aliphatic heterocycles. The average Bonchev–Trinajstić information content (AvgIpc) is 3.24. The van der Waals surface area contributed by atoms with Crippen molar-refractivity contribution in [1.29, 1.82) is 0 Å². The molecule has 0 aromatic heterocycles. The molecule has 0 N–H and O–H groups in total. The van der Waals surface area contributed by atoms with Gasteiger partial charge in [-0.15, -0.1) is 0 Å². The molecule has 3 aromatic rings. The summed E-state index contributed by atoms with van der Waals surface area (Å²) in [6, 6.07) is 14.2. The molecule has 3 aromatic carbocycles. The Bertz CT molecular complexity index is 1310. The molecule has 0 fully saturated rings. The smallest absolute Gasteiger partial charge is 0.255 e. The first-order valence-corrected chi connectivity index (χ1v) is 11.7. The lowest BCUT2D eigenvalue weighted by molar-refractivity contribution is -0.249. The van der Waals surface area contributed by atoms with E-state index in [9.17, 15) is 34.9 Å². The summed E-state index contributed by atoms with van der Waals surface area (Å²) in [5.74, 6) is -7.32. The third kappa shape index (κ3) is 4.82. The third-order valence-electron chi connectivity index (χ3n) is 5.58. The first kappa shape index (κ1) is 24.9. The molecule has 11 heteroatoms. The molecule has 3 nitrogen and oxygen atoms in total. The summed E-state index contributed by atoms with van der Waals surface area (Å²) in [5.41, 5.74) is -0.213. The fourth-order valence-corrected chi connectivity index (χ4v) is 4.33. The van der Waals surface area contributed by atoms with Crippen LogP contribution in [0, 0.1) is 11.6 Å². The minimum Gasteiger partial charge on any atom is -0.255 e. The molecular weight excluding hydrogens is 497 g/mol. The lowest BCUT2D eigenvalue weighted by Crippen LogP contribution is -2.43. The van der Waals surface area contributed by atoms with Gasteiger partial charge in [0.2, 0.25) is 0 Å². The van der Waals surface area contributed by atoms with Gasteiger partial charge in [0.25, 0.3) is 0 Å². The minimum atomic E-state index is -5.89. The predicted octanol–water partition coefficient (Wildman–Crippen LogP) is 6.87. The highest BCUT2D eigenvalue weighted by Crippen LogP contribution is 2.45. The van der Waals surface area contributed by atoms with Crippen LogP contribution in [0.5, 0.6) is 0 Å². The lowest BCUT2D eigenvalue weighted by Gasteiger charge is -2.24. The number of hydrazone groups is 1. The van der Waals surface area contributed by atoms with Crippen LogP contribution in [0.25, 0.3) is 11.1 Å². The molecule has 1 heterocycles. The second kappa shape index (κ2) is 9.10. The van der Waals surface area contributed by atoms with Crippen LogP contribution in [0.2, 0.25) is 0 Å². The van der Waals surface area contributed by atoms with Crippen LogP contribution in [-0.2, 0) is 10.8 Å². The molecular formula is C24H17F7N2OS. The highest BCUT2D eigenvalue weighted by molar-refractivity contribution is 7.84. The molecule has 184 valence electrons. The van der Waals surface area contributed by atoms with Crippen LogP contribution < -0.4 is 5.01 Å². The Labute approximate surface area is 198 Å². The van der Waals surface area contributed by atoms with Gasteiger partial charge in [-0.3, -0.25) is 9.22 Å². The number of hydrogen-bond acceptors (Lipinski definition) is 3. The van der Waals surface area contributed by atoms with E-state index in [1.54, 1.807) is 36.4 Å². The van der Waals surface area contributed by atoms with Crippen LogP contribution in [0.15, 0.2) is 76.7 Å². The van der Waals surface area contributed by atoms with Gasteiger partial charge < -0.3 is 0 Å². The Morgan fingerprint density at radius 1 is 0.914 bits per heavy atom. The average molecular weight is 514 g/mol. The molecule has 35 heavy (non-hydrogen) atoms. The molecule has 1 aliphatic rings. The largest absolute Gasteiger partial charge is 0.459 e. The Morgan fingerprint density at radius 2 is 1.60 bits per heavy atom. The lowest BCUT2D eigenvalue weighted by atomic mass is 9.96. The summed E-state index contributed by atoms with van der Waals surface area (Å²) in [4.78, 5) is 0.591. The van der Waals surface area contributed by atoms with E-state index < -0.39 is 58.4 Å². The quantitative estimate of drug-likeness (QED) is 0.348. The molecule has 0 bridgehead atoms. The number of anilines is 1. The normalized spacial score (nSPS) is 17.4. The number of alkyl halides is 5. The molecule has 0 saturated heterocycles. The topological polar surface area (TPSA) is 32.7 Å². The van der Waals surface area contributed by atoms with Crippen molar-refractivity contribution in [3.63, 3.8) is 0 Å². The van der Waals surface area contributed by atoms with E-state index in [0.717, 1.165) is 22.7 Å². The summed E-state index contributed by atoms with van der Waals surface area (Å²) in [5, 5.41) is 4.16. The third-order valence-corrected chi connectivity index (χ3v) is 6.50. The molecule has 4 rings (SSSR count). The summed E-state index contributed by atoms with van der Waals surface area (Å²) >= 11 is 0. The van der Waals surface area contributed by atoms with Crippen LogP contribution in [0.1, 0.15) is 18.0 Å². The van der Waals surface area contributed by atoms with Crippen molar-refractivity contribution < 1.29 is 34.9 Å². The molecule has 0 saturated carbocycles. The van der Waals surface area contributed by atoms with E-state index in [2.05, 4.69) is 5.10 Å². The van der Waals surface area contributed by atoms with Crippen LogP contribution >= 0.6 is 0 Å². The first-order chi connectivity index (χ1) is 16.4. The van der Waals surface area contributed by atoms with Crippen molar-refractivity contribution in [2.75, 3.05) is 11.3 Å². The SMILES string of the molecule is CS(=O)c1cccc(-c2ccc(C3CC(C(F)(F)C(F)(F)F)=NN3c3ccc(F)cc3F)cc2)c1. The van der Waals surface area contributed by atoms with Crippen molar-refractivity contribution in [3.8, 4) is 11.1 Å². The van der Waals surface area contributed by atoms with Crippen molar-refractivity contribution in [1.82, 2.24) is 0 Å². The summed E-state index contributed by atoms with van der Waals surface area (Å²) in [6.07, 6.45) is -5.19. The second-order valence-electron chi connectivity index (χ2n) is 7.88. The number of hydrogen-bond donors (Lipinski definition) is 0. The van der Waals surface area contributed by atoms with Gasteiger partial charge in [0, 0.05) is 34.4 Å². The number of nitrogens with zero attached hydrogens (tertiary/aromatic N) is 2. The van der Waals surface area contributed by atoms with Gasteiger partial charge in [0.05, 0.1) is 11.7 Å². The predicted molar refractivity (Wildman–Crippen MR) is 119 cm³/mol. The van der Waals surface area contributed by atoms with Gasteiger partial charge in [0.1, 0.15) is 11.5 Å².